The van der Waals surface area contributed by atoms with Crippen molar-refractivity contribution in [3.63, 3.8) is 0 Å². The second-order valence-corrected chi connectivity index (χ2v) is 1.17. The topological polar surface area (TPSA) is 287 Å². The van der Waals surface area contributed by atoms with E-state index in [0.29, 0.717) is 0 Å². The summed E-state index contributed by atoms with van der Waals surface area (Å²) in [5, 5.41) is 34.2. The van der Waals surface area contributed by atoms with Gasteiger partial charge in [0.1, 0.15) is 0 Å². The van der Waals surface area contributed by atoms with E-state index in [9.17, 15) is 0 Å². The van der Waals surface area contributed by atoms with Crippen molar-refractivity contribution in [1.29, 1.82) is 0 Å². The molecule has 0 amide bonds. The van der Waals surface area contributed by atoms with Gasteiger partial charge in [0, 0.05) is 0 Å². The van der Waals surface area contributed by atoms with Gasteiger partial charge in [0.15, 0.2) is 5.97 Å². The van der Waals surface area contributed by atoms with Crippen LogP contribution in [0.2, 0.25) is 0 Å². The molecule has 0 heterocycles. The molecule has 0 bridgehead atoms. The maximum Gasteiger partial charge on any atom is 3.00 e. The van der Waals surface area contributed by atoms with Crippen molar-refractivity contribution >= 4 is 23.9 Å². The van der Waals surface area contributed by atoms with E-state index >= 15 is 0 Å². The van der Waals surface area contributed by atoms with Gasteiger partial charge in [-0.2, -0.15) is 0 Å². The Balaban J connectivity index is -0.0000000182. The third-order valence-corrected chi connectivity index (χ3v) is 0.341. The van der Waals surface area contributed by atoms with Gasteiger partial charge in [-0.1, -0.05) is 0 Å². The van der Waals surface area contributed by atoms with E-state index in [2.05, 4.69) is 0 Å². The minimum absolute atomic E-state index is 0. The molecule has 13 heteroatoms. The summed E-state index contributed by atoms with van der Waals surface area (Å²) in [6.07, 6.45) is 0. The maximum atomic E-state index is 9.04. The quantitative estimate of drug-likeness (QED) is 0.311. The van der Waals surface area contributed by atoms with Crippen LogP contribution in [0, 0.1) is 0 Å². The van der Waals surface area contributed by atoms with Gasteiger partial charge in [-0.05, 0) is 0 Å². The molecule has 0 spiro atoms. The van der Waals surface area contributed by atoms with Gasteiger partial charge in [0.2, 0.25) is 0 Å². The largest absolute Gasteiger partial charge is 3.00 e. The van der Waals surface area contributed by atoms with E-state index in [1.54, 1.807) is 0 Å². The molecule has 12 nitrogen and oxygen atoms in total. The van der Waals surface area contributed by atoms with Gasteiger partial charge in [0.25, 0.3) is 0 Å². The smallest absolute Gasteiger partial charge is 0.543 e. The fourth-order valence-corrected chi connectivity index (χ4v) is 0. The summed E-state index contributed by atoms with van der Waals surface area (Å²) in [4.78, 5) is 35.9. The average molecular weight is 341 g/mol. The molecule has 0 aliphatic rings. The maximum absolute atomic E-state index is 9.04. The Kier molecular flexibility index (Phi) is 63.6. The number of aliphatic carboxylic acids is 4. The molecule has 0 aromatic carbocycles. The summed E-state index contributed by atoms with van der Waals surface area (Å²) in [6.45, 7) is 0. The Hall–Kier alpha value is -1.54. The predicted octanol–water partition coefficient (Wildman–Crippen LogP) is -8.01. The molecule has 0 radical (unpaired) electrons. The Morgan fingerprint density at radius 1 is 0.706 bits per heavy atom. The van der Waals surface area contributed by atoms with E-state index in [1.807, 2.05) is 0 Å². The van der Waals surface area contributed by atoms with Crippen LogP contribution < -0.4 is 21.5 Å². The normalized spacial score (nSPS) is 5.18. The summed E-state index contributed by atoms with van der Waals surface area (Å²) in [7, 11) is 0. The van der Waals surface area contributed by atoms with Gasteiger partial charge < -0.3 is 57.4 Å². The minimum Gasteiger partial charge on any atom is -0.543 e. The van der Waals surface area contributed by atoms with E-state index in [0.717, 1.165) is 0 Å². The first-order valence-corrected chi connectivity index (χ1v) is 2.15. The Bertz CT molecular complexity index is 180. The van der Waals surface area contributed by atoms with Crippen molar-refractivity contribution in [3.8, 4) is 0 Å². The van der Waals surface area contributed by atoms with Crippen LogP contribution in [0.4, 0.5) is 0 Å². The number of carboxylic acid groups (broad SMARTS) is 4. The Labute approximate surface area is 109 Å². The summed E-state index contributed by atoms with van der Waals surface area (Å²) >= 11 is 0. The van der Waals surface area contributed by atoms with E-state index in [4.69, 9.17) is 39.6 Å². The molecule has 102 valence electrons. The molecule has 0 rings (SSSR count). The van der Waals surface area contributed by atoms with Crippen LogP contribution in [-0.4, -0.2) is 45.4 Å². The van der Waals surface area contributed by atoms with E-state index < -0.39 is 23.9 Å². The summed E-state index contributed by atoms with van der Waals surface area (Å²) < 4.78 is 0. The number of carboxylic acids is 4. The van der Waals surface area contributed by atoms with Gasteiger partial charge in [-0.15, -0.1) is 0 Å². The van der Waals surface area contributed by atoms with Crippen molar-refractivity contribution < 1.29 is 78.4 Å². The first-order chi connectivity index (χ1) is 5.29. The number of rotatable bonds is 0. The Morgan fingerprint density at radius 2 is 0.824 bits per heavy atom. The Morgan fingerprint density at radius 3 is 0.824 bits per heavy atom. The zero-order valence-electron chi connectivity index (χ0n) is 7.96. The zero-order chi connectivity index (χ0) is 10.3. The minimum atomic E-state index is -2.19. The molecule has 0 aromatic heterocycles. The molecule has 0 atom stereocenters. The van der Waals surface area contributed by atoms with Crippen LogP contribution in [0.5, 0.6) is 0 Å². The van der Waals surface area contributed by atoms with Crippen molar-refractivity contribution in [3.05, 3.63) is 0 Å². The predicted molar refractivity (Wildman–Crippen MR) is 38.5 cm³/mol. The molecule has 0 aliphatic heterocycles. The van der Waals surface area contributed by atoms with Crippen LogP contribution in [0.3, 0.4) is 0 Å². The number of carbonyl (C=O) groups is 4. The van der Waals surface area contributed by atoms with Gasteiger partial charge in [0.05, 0.1) is 11.9 Å². The van der Waals surface area contributed by atoms with Gasteiger partial charge in [-0.25, -0.2) is 4.79 Å². The fraction of sp³-hybridized carbons (Fsp3) is 0. The molecular formula is C4H10NNbO11. The molecule has 17 heavy (non-hydrogen) atoms. The van der Waals surface area contributed by atoms with Gasteiger partial charge in [-0.3, -0.25) is 0 Å². The molecule has 0 saturated carbocycles. The molecule has 0 fully saturated rings. The molecule has 0 aromatic rings. The molecule has 0 unspecified atom stereocenters. The second-order valence-electron chi connectivity index (χ2n) is 1.17. The molecular weight excluding hydrogens is 331 g/mol. The first-order valence-electron chi connectivity index (χ1n) is 2.15. The third-order valence-electron chi connectivity index (χ3n) is 0.341. The molecule has 0 aliphatic carbocycles. The molecule has 0 saturated heterocycles. The standard InChI is InChI=1S/2C2H2O4.H3N.Nb.3H2O/c2*3-1(4)2(5)6;;;;;/h2*(H,3,4)(H,5,6);1H3;;3*1H2/q;;;+3;;;/p-3. The SMILES string of the molecule is N.O.O.O.O=C([O-])C(=O)O.O=C([O-])C(=O)[O-].[Nb+3]. The van der Waals surface area contributed by atoms with Crippen LogP contribution in [0.1, 0.15) is 0 Å². The van der Waals surface area contributed by atoms with Crippen molar-refractivity contribution in [1.82, 2.24) is 6.15 Å². The number of carbonyl (C=O) groups excluding carboxylic acids is 3. The summed E-state index contributed by atoms with van der Waals surface area (Å²) in [6, 6.07) is 0. The van der Waals surface area contributed by atoms with E-state index in [1.165, 1.54) is 0 Å². The average Bonchev–Trinajstić information content (AvgIpc) is 1.88. The third kappa shape index (κ3) is 53.8. The van der Waals surface area contributed by atoms with Crippen LogP contribution in [0.25, 0.3) is 0 Å². The number of hydrogen-bond acceptors (Lipinski definition) is 8. The fourth-order valence-electron chi connectivity index (χ4n) is 0. The van der Waals surface area contributed by atoms with Crippen LogP contribution >= 0.6 is 0 Å². The molecule has 10 N–H and O–H groups in total. The number of hydrogen-bond donors (Lipinski definition) is 2. The monoisotopic (exact) mass is 341 g/mol. The van der Waals surface area contributed by atoms with E-state index in [-0.39, 0.29) is 45.0 Å². The van der Waals surface area contributed by atoms with Crippen LogP contribution in [-0.2, 0) is 41.6 Å². The van der Waals surface area contributed by atoms with Crippen molar-refractivity contribution in [2.24, 2.45) is 0 Å². The summed E-state index contributed by atoms with van der Waals surface area (Å²) in [5.74, 6) is -8.38. The van der Waals surface area contributed by atoms with Crippen LogP contribution in [0.15, 0.2) is 0 Å². The summed E-state index contributed by atoms with van der Waals surface area (Å²) in [5.41, 5.74) is 0. The van der Waals surface area contributed by atoms with Gasteiger partial charge >= 0.3 is 28.3 Å². The second kappa shape index (κ2) is 23.9. The first kappa shape index (κ1) is 45.2. The van der Waals surface area contributed by atoms with Crippen molar-refractivity contribution in [2.45, 2.75) is 0 Å². The van der Waals surface area contributed by atoms with Crippen molar-refractivity contribution in [2.75, 3.05) is 0 Å². The zero-order valence-corrected chi connectivity index (χ0v) is 10.2.